The van der Waals surface area contributed by atoms with Crippen LogP contribution in [0, 0.1) is 11.8 Å². The molecule has 0 amide bonds. The molecule has 0 bridgehead atoms. The Balaban J connectivity index is 2.83. The predicted molar refractivity (Wildman–Crippen MR) is 56.8 cm³/mol. The molecule has 0 aromatic rings. The van der Waals surface area contributed by atoms with Crippen LogP contribution in [0.1, 0.15) is 26.7 Å². The van der Waals surface area contributed by atoms with E-state index in [-0.39, 0.29) is 17.8 Å². The minimum Gasteiger partial charge on any atom is -0.469 e. The van der Waals surface area contributed by atoms with Gasteiger partial charge in [-0.1, -0.05) is 17.2 Å². The molecule has 0 saturated heterocycles. The second-order valence-electron chi connectivity index (χ2n) is 4.04. The van der Waals surface area contributed by atoms with Crippen LogP contribution in [0.4, 0.5) is 0 Å². The second-order valence-corrected chi connectivity index (χ2v) is 4.04. The third-order valence-corrected chi connectivity index (χ3v) is 2.98. The summed E-state index contributed by atoms with van der Waals surface area (Å²) in [6.07, 6.45) is 3.68. The molecule has 0 unspecified atom stereocenters. The van der Waals surface area contributed by atoms with Crippen LogP contribution in [0.3, 0.4) is 0 Å². The highest BCUT2D eigenvalue weighted by Crippen LogP contribution is 2.38. The summed E-state index contributed by atoms with van der Waals surface area (Å²) in [5, 5.41) is 0. The topological polar surface area (TPSA) is 26.3 Å². The van der Waals surface area contributed by atoms with Crippen molar-refractivity contribution in [3.63, 3.8) is 0 Å². The fraction of sp³-hybridized carbons (Fsp3) is 0.583. The van der Waals surface area contributed by atoms with Crippen molar-refractivity contribution in [1.29, 1.82) is 0 Å². The molecule has 0 aromatic carbocycles. The fourth-order valence-electron chi connectivity index (χ4n) is 1.99. The Bertz CT molecular complexity index is 272. The maximum Gasteiger partial charge on any atom is 0.309 e. The van der Waals surface area contributed by atoms with Crippen LogP contribution in [0.5, 0.6) is 0 Å². The van der Waals surface area contributed by atoms with Crippen LogP contribution in [-0.4, -0.2) is 13.1 Å². The molecule has 14 heavy (non-hydrogen) atoms. The van der Waals surface area contributed by atoms with Crippen molar-refractivity contribution >= 4 is 5.97 Å². The smallest absolute Gasteiger partial charge is 0.309 e. The zero-order valence-electron chi connectivity index (χ0n) is 9.17. The Hall–Kier alpha value is -1.05. The molecule has 0 radical (unpaired) electrons. The number of hydrogen-bond acceptors (Lipinski definition) is 2. The van der Waals surface area contributed by atoms with E-state index in [1.165, 1.54) is 18.3 Å². The summed E-state index contributed by atoms with van der Waals surface area (Å²) in [6.45, 7) is 7.96. The maximum atomic E-state index is 11.5. The standard InChI is InChI=1S/C12H18O2/c1-5-9-6-10(8(2)3)7-11(9)12(13)14-4/h5,9,11H,1,6-7H2,2-4H3/t9-,11+/m1/s1. The lowest BCUT2D eigenvalue weighted by Crippen LogP contribution is -2.18. The molecular formula is C12H18O2. The number of hydrogen-bond donors (Lipinski definition) is 0. The molecule has 0 spiro atoms. The van der Waals surface area contributed by atoms with Gasteiger partial charge >= 0.3 is 5.97 Å². The summed E-state index contributed by atoms with van der Waals surface area (Å²) >= 11 is 0. The Morgan fingerprint density at radius 3 is 2.57 bits per heavy atom. The average Bonchev–Trinajstić information content (AvgIpc) is 2.60. The Morgan fingerprint density at radius 1 is 1.50 bits per heavy atom. The van der Waals surface area contributed by atoms with Gasteiger partial charge in [-0.25, -0.2) is 0 Å². The molecule has 0 heterocycles. The molecule has 1 aliphatic rings. The van der Waals surface area contributed by atoms with E-state index in [0.717, 1.165) is 12.8 Å². The van der Waals surface area contributed by atoms with Gasteiger partial charge in [-0.2, -0.15) is 0 Å². The number of methoxy groups -OCH3 is 1. The predicted octanol–water partition coefficient (Wildman–Crippen LogP) is 2.71. The molecule has 1 fully saturated rings. The van der Waals surface area contributed by atoms with Crippen molar-refractivity contribution in [3.8, 4) is 0 Å². The quantitative estimate of drug-likeness (QED) is 0.499. The van der Waals surface area contributed by atoms with Crippen LogP contribution < -0.4 is 0 Å². The first kappa shape index (κ1) is 11.0. The SMILES string of the molecule is C=C[C@@H]1CC(=C(C)C)C[C@@H]1C(=O)OC. The zero-order valence-corrected chi connectivity index (χ0v) is 9.17. The summed E-state index contributed by atoms with van der Waals surface area (Å²) in [4.78, 5) is 11.5. The first-order valence-electron chi connectivity index (χ1n) is 4.95. The molecule has 2 nitrogen and oxygen atoms in total. The monoisotopic (exact) mass is 194 g/mol. The Morgan fingerprint density at radius 2 is 2.14 bits per heavy atom. The van der Waals surface area contributed by atoms with E-state index in [4.69, 9.17) is 4.74 Å². The molecule has 1 saturated carbocycles. The van der Waals surface area contributed by atoms with E-state index < -0.39 is 0 Å². The van der Waals surface area contributed by atoms with Crippen molar-refractivity contribution in [2.75, 3.05) is 7.11 Å². The molecule has 0 aromatic heterocycles. The molecular weight excluding hydrogens is 176 g/mol. The van der Waals surface area contributed by atoms with Crippen molar-refractivity contribution in [3.05, 3.63) is 23.8 Å². The number of ether oxygens (including phenoxy) is 1. The van der Waals surface area contributed by atoms with Gasteiger partial charge in [0.2, 0.25) is 0 Å². The van der Waals surface area contributed by atoms with E-state index >= 15 is 0 Å². The lowest BCUT2D eigenvalue weighted by Gasteiger charge is -2.11. The van der Waals surface area contributed by atoms with Gasteiger partial charge in [-0.05, 0) is 32.6 Å². The largest absolute Gasteiger partial charge is 0.469 e. The number of carbonyl (C=O) groups is 1. The van der Waals surface area contributed by atoms with Gasteiger partial charge in [-0.3, -0.25) is 4.79 Å². The maximum absolute atomic E-state index is 11.5. The van der Waals surface area contributed by atoms with Crippen molar-refractivity contribution < 1.29 is 9.53 Å². The molecule has 78 valence electrons. The highest BCUT2D eigenvalue weighted by atomic mass is 16.5. The second kappa shape index (κ2) is 4.45. The van der Waals surface area contributed by atoms with E-state index in [0.29, 0.717) is 0 Å². The number of rotatable bonds is 2. The third kappa shape index (κ3) is 2.06. The summed E-state index contributed by atoms with van der Waals surface area (Å²) in [6, 6.07) is 0. The van der Waals surface area contributed by atoms with Crippen LogP contribution in [0.15, 0.2) is 23.8 Å². The zero-order chi connectivity index (χ0) is 10.7. The van der Waals surface area contributed by atoms with Crippen LogP contribution in [-0.2, 0) is 9.53 Å². The number of allylic oxidation sites excluding steroid dienone is 3. The van der Waals surface area contributed by atoms with Gasteiger partial charge in [0.15, 0.2) is 0 Å². The Labute approximate surface area is 85.6 Å². The molecule has 2 heteroatoms. The first-order chi connectivity index (χ1) is 6.60. The lowest BCUT2D eigenvalue weighted by molar-refractivity contribution is -0.146. The molecule has 0 N–H and O–H groups in total. The first-order valence-corrected chi connectivity index (χ1v) is 4.95. The minimum absolute atomic E-state index is 0.0117. The van der Waals surface area contributed by atoms with Gasteiger partial charge in [0.1, 0.15) is 0 Å². The van der Waals surface area contributed by atoms with Crippen LogP contribution in [0.2, 0.25) is 0 Å². The molecule has 0 aliphatic heterocycles. The van der Waals surface area contributed by atoms with Gasteiger partial charge in [0.25, 0.3) is 0 Å². The summed E-state index contributed by atoms with van der Waals surface area (Å²) in [5.41, 5.74) is 2.70. The van der Waals surface area contributed by atoms with E-state index in [9.17, 15) is 4.79 Å². The van der Waals surface area contributed by atoms with Crippen molar-refractivity contribution in [1.82, 2.24) is 0 Å². The van der Waals surface area contributed by atoms with Crippen LogP contribution in [0.25, 0.3) is 0 Å². The van der Waals surface area contributed by atoms with Crippen molar-refractivity contribution in [2.45, 2.75) is 26.7 Å². The average molecular weight is 194 g/mol. The van der Waals surface area contributed by atoms with Crippen LogP contribution >= 0.6 is 0 Å². The Kier molecular flexibility index (Phi) is 3.50. The summed E-state index contributed by atoms with van der Waals surface area (Å²) in [7, 11) is 1.45. The molecule has 2 atom stereocenters. The van der Waals surface area contributed by atoms with Gasteiger partial charge in [0.05, 0.1) is 13.0 Å². The normalized spacial score (nSPS) is 26.1. The highest BCUT2D eigenvalue weighted by Gasteiger charge is 2.34. The molecule has 1 rings (SSSR count). The lowest BCUT2D eigenvalue weighted by atomic mass is 9.97. The number of carbonyl (C=O) groups excluding carboxylic acids is 1. The van der Waals surface area contributed by atoms with E-state index in [1.807, 2.05) is 6.08 Å². The van der Waals surface area contributed by atoms with E-state index in [1.54, 1.807) is 0 Å². The summed E-state index contributed by atoms with van der Waals surface area (Å²) in [5.74, 6) is 0.140. The fourth-order valence-corrected chi connectivity index (χ4v) is 1.99. The van der Waals surface area contributed by atoms with E-state index in [2.05, 4.69) is 20.4 Å². The summed E-state index contributed by atoms with van der Waals surface area (Å²) < 4.78 is 4.78. The number of esters is 1. The highest BCUT2D eigenvalue weighted by molar-refractivity contribution is 5.74. The van der Waals surface area contributed by atoms with Gasteiger partial charge in [0, 0.05) is 0 Å². The minimum atomic E-state index is -0.105. The van der Waals surface area contributed by atoms with Gasteiger partial charge < -0.3 is 4.74 Å². The van der Waals surface area contributed by atoms with Gasteiger partial charge in [-0.15, -0.1) is 6.58 Å². The molecule has 1 aliphatic carbocycles. The third-order valence-electron chi connectivity index (χ3n) is 2.98. The van der Waals surface area contributed by atoms with Crippen molar-refractivity contribution in [2.24, 2.45) is 11.8 Å².